The number of sulfonamides is 1. The molecule has 1 atom stereocenters. The lowest BCUT2D eigenvalue weighted by Gasteiger charge is -2.27. The molecule has 0 bridgehead atoms. The average Bonchev–Trinajstić information content (AvgIpc) is 3.10. The van der Waals surface area contributed by atoms with Gasteiger partial charge in [-0.3, -0.25) is 4.79 Å². The van der Waals surface area contributed by atoms with Crippen molar-refractivity contribution in [2.75, 3.05) is 11.4 Å². The van der Waals surface area contributed by atoms with E-state index in [1.807, 2.05) is 61.5 Å². The standard InChI is InChI=1S/C24H23ClN2O3S/c1-18-15-20-9-5-6-10-23(20)27(18)24(28)17-26(16-19-7-3-2-4-8-19)31(29,30)22-13-11-21(25)12-14-22/h2-14,18H,15-17H2,1H3. The maximum Gasteiger partial charge on any atom is 0.243 e. The summed E-state index contributed by atoms with van der Waals surface area (Å²) in [6.45, 7) is 1.83. The lowest BCUT2D eigenvalue weighted by molar-refractivity contribution is -0.119. The fourth-order valence-electron chi connectivity index (χ4n) is 3.94. The number of benzene rings is 3. The second-order valence-electron chi connectivity index (χ2n) is 7.66. The Morgan fingerprint density at radius 1 is 1.00 bits per heavy atom. The molecule has 1 unspecified atom stereocenters. The van der Waals surface area contributed by atoms with Crippen LogP contribution < -0.4 is 4.90 Å². The molecule has 0 aromatic heterocycles. The summed E-state index contributed by atoms with van der Waals surface area (Å²) in [6, 6.07) is 23.0. The second-order valence-corrected chi connectivity index (χ2v) is 10.0. The molecule has 0 saturated heterocycles. The van der Waals surface area contributed by atoms with Crippen LogP contribution in [0.5, 0.6) is 0 Å². The van der Waals surface area contributed by atoms with Crippen molar-refractivity contribution >= 4 is 33.2 Å². The highest BCUT2D eigenvalue weighted by Crippen LogP contribution is 2.32. The van der Waals surface area contributed by atoms with E-state index in [1.54, 1.807) is 4.90 Å². The Morgan fingerprint density at radius 3 is 2.35 bits per heavy atom. The van der Waals surface area contributed by atoms with Gasteiger partial charge in [-0.25, -0.2) is 8.42 Å². The number of nitrogens with zero attached hydrogens (tertiary/aromatic N) is 2. The minimum absolute atomic E-state index is 0.0262. The molecule has 1 aliphatic rings. The number of rotatable bonds is 6. The average molecular weight is 455 g/mol. The van der Waals surface area contributed by atoms with E-state index in [2.05, 4.69) is 0 Å². The number of amides is 1. The van der Waals surface area contributed by atoms with Crippen LogP contribution in [0.4, 0.5) is 5.69 Å². The lowest BCUT2D eigenvalue weighted by atomic mass is 10.1. The molecule has 0 saturated carbocycles. The highest BCUT2D eigenvalue weighted by Gasteiger charge is 2.34. The van der Waals surface area contributed by atoms with E-state index >= 15 is 0 Å². The van der Waals surface area contributed by atoms with Crippen LogP contribution in [0, 0.1) is 0 Å². The zero-order valence-corrected chi connectivity index (χ0v) is 18.7. The monoisotopic (exact) mass is 454 g/mol. The van der Waals surface area contributed by atoms with Crippen LogP contribution >= 0.6 is 11.6 Å². The van der Waals surface area contributed by atoms with E-state index in [4.69, 9.17) is 11.6 Å². The minimum Gasteiger partial charge on any atom is -0.308 e. The molecule has 4 rings (SSSR count). The first-order valence-electron chi connectivity index (χ1n) is 10.1. The summed E-state index contributed by atoms with van der Waals surface area (Å²) in [4.78, 5) is 15.2. The lowest BCUT2D eigenvalue weighted by Crippen LogP contribution is -2.44. The second kappa shape index (κ2) is 8.83. The van der Waals surface area contributed by atoms with Gasteiger partial charge in [0.2, 0.25) is 15.9 Å². The van der Waals surface area contributed by atoms with Gasteiger partial charge in [0, 0.05) is 23.3 Å². The third-order valence-corrected chi connectivity index (χ3v) is 7.50. The summed E-state index contributed by atoms with van der Waals surface area (Å²) in [5.74, 6) is -0.245. The molecule has 5 nitrogen and oxygen atoms in total. The van der Waals surface area contributed by atoms with Gasteiger partial charge in [0.25, 0.3) is 0 Å². The van der Waals surface area contributed by atoms with E-state index in [9.17, 15) is 13.2 Å². The van der Waals surface area contributed by atoms with Gasteiger partial charge in [0.15, 0.2) is 0 Å². The van der Waals surface area contributed by atoms with Gasteiger partial charge >= 0.3 is 0 Å². The van der Waals surface area contributed by atoms with Crippen molar-refractivity contribution in [1.29, 1.82) is 0 Å². The Morgan fingerprint density at radius 2 is 1.65 bits per heavy atom. The minimum atomic E-state index is -3.91. The first-order valence-corrected chi connectivity index (χ1v) is 11.9. The molecule has 0 fully saturated rings. The van der Waals surface area contributed by atoms with Crippen LogP contribution in [-0.2, 0) is 27.8 Å². The Hall–Kier alpha value is -2.67. The number of anilines is 1. The fraction of sp³-hybridized carbons (Fsp3) is 0.208. The van der Waals surface area contributed by atoms with Crippen LogP contribution in [0.2, 0.25) is 5.02 Å². The number of hydrogen-bond donors (Lipinski definition) is 0. The summed E-state index contributed by atoms with van der Waals surface area (Å²) in [6.07, 6.45) is 0.754. The van der Waals surface area contributed by atoms with Crippen molar-refractivity contribution < 1.29 is 13.2 Å². The molecule has 1 aliphatic heterocycles. The van der Waals surface area contributed by atoms with E-state index in [0.29, 0.717) is 5.02 Å². The van der Waals surface area contributed by atoms with Crippen molar-refractivity contribution in [3.63, 3.8) is 0 Å². The predicted octanol–water partition coefficient (Wildman–Crippen LogP) is 4.51. The number of fused-ring (bicyclic) bond motifs is 1. The van der Waals surface area contributed by atoms with Gasteiger partial charge in [-0.05, 0) is 54.8 Å². The summed E-state index contributed by atoms with van der Waals surface area (Å²) in [7, 11) is -3.91. The Bertz CT molecular complexity index is 1180. The third kappa shape index (κ3) is 4.51. The molecule has 160 valence electrons. The summed E-state index contributed by atoms with van der Waals surface area (Å²) in [5.41, 5.74) is 2.75. The molecular formula is C24H23ClN2O3S. The SMILES string of the molecule is CC1Cc2ccccc2N1C(=O)CN(Cc1ccccc1)S(=O)(=O)c1ccc(Cl)cc1. The molecule has 7 heteroatoms. The Kier molecular flexibility index (Phi) is 6.14. The van der Waals surface area contributed by atoms with E-state index in [0.717, 1.165) is 23.2 Å². The molecule has 0 N–H and O–H groups in total. The number of hydrogen-bond acceptors (Lipinski definition) is 3. The van der Waals surface area contributed by atoms with Crippen molar-refractivity contribution in [3.05, 3.63) is 95.0 Å². The summed E-state index contributed by atoms with van der Waals surface area (Å²) < 4.78 is 28.1. The molecule has 0 spiro atoms. The third-order valence-electron chi connectivity index (χ3n) is 5.44. The number of carbonyl (C=O) groups excluding carboxylic acids is 1. The zero-order valence-electron chi connectivity index (χ0n) is 17.1. The van der Waals surface area contributed by atoms with E-state index in [-0.39, 0.29) is 29.9 Å². The van der Waals surface area contributed by atoms with Gasteiger partial charge in [-0.15, -0.1) is 0 Å². The zero-order chi connectivity index (χ0) is 22.0. The van der Waals surface area contributed by atoms with Gasteiger partial charge in [0.05, 0.1) is 11.4 Å². The van der Waals surface area contributed by atoms with E-state index in [1.165, 1.54) is 28.6 Å². The van der Waals surface area contributed by atoms with E-state index < -0.39 is 10.0 Å². The molecular weight excluding hydrogens is 432 g/mol. The topological polar surface area (TPSA) is 57.7 Å². The maximum atomic E-state index is 13.4. The molecule has 0 aliphatic carbocycles. The number of halogens is 1. The van der Waals surface area contributed by atoms with Crippen molar-refractivity contribution in [2.24, 2.45) is 0 Å². The summed E-state index contributed by atoms with van der Waals surface area (Å²) in [5, 5.41) is 0.451. The van der Waals surface area contributed by atoms with Crippen molar-refractivity contribution in [3.8, 4) is 0 Å². The first-order chi connectivity index (χ1) is 14.9. The largest absolute Gasteiger partial charge is 0.308 e. The van der Waals surface area contributed by atoms with Gasteiger partial charge < -0.3 is 4.90 Å². The van der Waals surface area contributed by atoms with Crippen LogP contribution in [0.25, 0.3) is 0 Å². The molecule has 0 radical (unpaired) electrons. The van der Waals surface area contributed by atoms with Crippen LogP contribution in [0.15, 0.2) is 83.8 Å². The Labute approximate surface area is 187 Å². The predicted molar refractivity (Wildman–Crippen MR) is 123 cm³/mol. The maximum absolute atomic E-state index is 13.4. The van der Waals surface area contributed by atoms with Gasteiger partial charge in [-0.1, -0.05) is 60.1 Å². The Balaban J connectivity index is 1.66. The molecule has 3 aromatic rings. The summed E-state index contributed by atoms with van der Waals surface area (Å²) >= 11 is 5.94. The molecule has 3 aromatic carbocycles. The smallest absolute Gasteiger partial charge is 0.243 e. The first kappa shape index (κ1) is 21.6. The fourth-order valence-corrected chi connectivity index (χ4v) is 5.44. The van der Waals surface area contributed by atoms with Gasteiger partial charge in [-0.2, -0.15) is 4.31 Å². The quantitative estimate of drug-likeness (QED) is 0.550. The molecule has 1 heterocycles. The highest BCUT2D eigenvalue weighted by molar-refractivity contribution is 7.89. The number of carbonyl (C=O) groups is 1. The number of para-hydroxylation sites is 1. The van der Waals surface area contributed by atoms with Crippen molar-refractivity contribution in [1.82, 2.24) is 4.31 Å². The molecule has 1 amide bonds. The van der Waals surface area contributed by atoms with Crippen LogP contribution in [0.1, 0.15) is 18.1 Å². The highest BCUT2D eigenvalue weighted by atomic mass is 35.5. The van der Waals surface area contributed by atoms with Crippen LogP contribution in [0.3, 0.4) is 0 Å². The van der Waals surface area contributed by atoms with Crippen LogP contribution in [-0.4, -0.2) is 31.2 Å². The van der Waals surface area contributed by atoms with Gasteiger partial charge in [0.1, 0.15) is 0 Å². The van der Waals surface area contributed by atoms with Crippen molar-refractivity contribution in [2.45, 2.75) is 30.8 Å². The molecule has 31 heavy (non-hydrogen) atoms. The normalized spacial score (nSPS) is 15.8.